The van der Waals surface area contributed by atoms with Crippen LogP contribution in [0.5, 0.6) is 0 Å². The average molecular weight is 1420 g/mol. The second-order valence-corrected chi connectivity index (χ2v) is 19.8. The summed E-state index contributed by atoms with van der Waals surface area (Å²) in [5, 5.41) is 39.6. The van der Waals surface area contributed by atoms with Gasteiger partial charge in [-0.05, 0) is 233 Å². The van der Waals surface area contributed by atoms with Gasteiger partial charge in [-0.15, -0.1) is 0 Å². The van der Waals surface area contributed by atoms with Crippen molar-refractivity contribution in [1.29, 1.82) is 0 Å². The SMILES string of the molecule is CC.CC.CC.CC.CC.CC.CC.CC.CC.Cc1cccnc1C.Cc1ccncc1C.Cc1ccnnc1C.Cc1cn[nH]c1C.Cc1cn[nH]c1C.Cc1cncnc1C.Cc1cnn(C)c1C.Cc1cnncc1C.Cc1conc1C.Cc1nc[nH]c1C.Cc1noc(C)c1C. The first kappa shape index (κ1) is 111. The molecule has 20 heteroatoms. The van der Waals surface area contributed by atoms with Gasteiger partial charge in [-0.1, -0.05) is 141 Å². The highest BCUT2D eigenvalue weighted by Gasteiger charge is 2.00. The summed E-state index contributed by atoms with van der Waals surface area (Å²) in [5.41, 5.74) is 25.4. The van der Waals surface area contributed by atoms with Crippen molar-refractivity contribution in [1.82, 2.24) is 90.8 Å². The summed E-state index contributed by atoms with van der Waals surface area (Å²) in [7, 11) is 1.95. The summed E-state index contributed by atoms with van der Waals surface area (Å²) < 4.78 is 11.3. The first-order chi connectivity index (χ1) is 48.7. The zero-order valence-electron chi connectivity index (χ0n) is 72.3. The van der Waals surface area contributed by atoms with Crippen molar-refractivity contribution in [3.63, 3.8) is 0 Å². The van der Waals surface area contributed by atoms with Crippen LogP contribution in [0.1, 0.15) is 254 Å². The van der Waals surface area contributed by atoms with Gasteiger partial charge in [0.15, 0.2) is 0 Å². The zero-order chi connectivity index (χ0) is 81.3. The largest absolute Gasteiger partial charge is 0.364 e. The van der Waals surface area contributed by atoms with Crippen LogP contribution >= 0.6 is 0 Å². The number of nitrogens with zero attached hydrogens (tertiary/aromatic N) is 15. The van der Waals surface area contributed by atoms with Crippen LogP contribution in [0.2, 0.25) is 0 Å². The van der Waals surface area contributed by atoms with Crippen LogP contribution in [0, 0.1) is 159 Å². The van der Waals surface area contributed by atoms with Gasteiger partial charge in [-0.2, -0.15) is 35.7 Å². The lowest BCUT2D eigenvalue weighted by atomic mass is 10.2. The molecule has 0 aliphatic rings. The number of aromatic nitrogens is 18. The van der Waals surface area contributed by atoms with E-state index in [1.807, 2.05) is 323 Å². The van der Waals surface area contributed by atoms with E-state index < -0.39 is 0 Å². The maximum atomic E-state index is 4.84. The van der Waals surface area contributed by atoms with E-state index in [4.69, 9.17) is 4.52 Å². The Labute approximate surface area is 622 Å². The van der Waals surface area contributed by atoms with Gasteiger partial charge < -0.3 is 14.0 Å². The molecule has 0 amide bonds. The van der Waals surface area contributed by atoms with E-state index in [-0.39, 0.29) is 0 Å². The van der Waals surface area contributed by atoms with Crippen LogP contribution in [-0.2, 0) is 7.05 Å². The Morgan fingerprint density at radius 2 is 0.804 bits per heavy atom. The lowest BCUT2D eigenvalue weighted by Gasteiger charge is -1.92. The molecule has 0 radical (unpaired) electrons. The molecule has 0 aliphatic heterocycles. The topological polar surface area (TPSA) is 259 Å². The number of nitrogens with one attached hydrogen (secondary N) is 3. The third-order valence-electron chi connectivity index (χ3n) is 13.2. The smallest absolute Gasteiger partial charge is 0.136 e. The highest BCUT2D eigenvalue weighted by Crippen LogP contribution is 2.09. The summed E-state index contributed by atoms with van der Waals surface area (Å²) >= 11 is 0. The highest BCUT2D eigenvalue weighted by atomic mass is 16.5. The number of aromatic amines is 3. The fraction of sp³-hybridized carbons (Fsp3) is 0.512. The third-order valence-corrected chi connectivity index (χ3v) is 13.2. The normalized spacial score (nSPS) is 8.29. The van der Waals surface area contributed by atoms with Gasteiger partial charge in [0, 0.05) is 83.3 Å². The minimum atomic E-state index is 0.919. The molecule has 102 heavy (non-hydrogen) atoms. The molecule has 3 N–H and O–H groups in total. The van der Waals surface area contributed by atoms with E-state index in [0.29, 0.717) is 0 Å². The molecule has 11 rings (SSSR count). The number of pyridine rings is 2. The molecule has 0 bridgehead atoms. The molecule has 20 nitrogen and oxygen atoms in total. The van der Waals surface area contributed by atoms with Crippen molar-refractivity contribution in [2.45, 2.75) is 284 Å². The Morgan fingerprint density at radius 3 is 0.990 bits per heavy atom. The van der Waals surface area contributed by atoms with Crippen molar-refractivity contribution in [2.75, 3.05) is 0 Å². The van der Waals surface area contributed by atoms with Crippen LogP contribution in [0.25, 0.3) is 0 Å². The van der Waals surface area contributed by atoms with E-state index in [2.05, 4.69) is 131 Å². The van der Waals surface area contributed by atoms with Crippen molar-refractivity contribution < 1.29 is 9.05 Å². The Hall–Kier alpha value is -9.20. The molecule has 11 aromatic rings. The fourth-order valence-electron chi connectivity index (χ4n) is 5.20. The Bertz CT molecular complexity index is 2850. The van der Waals surface area contributed by atoms with Crippen LogP contribution in [0.3, 0.4) is 0 Å². The molecule has 0 saturated heterocycles. The van der Waals surface area contributed by atoms with Crippen molar-refractivity contribution in [3.8, 4) is 0 Å². The van der Waals surface area contributed by atoms with Crippen LogP contribution in [0.4, 0.5) is 0 Å². The van der Waals surface area contributed by atoms with Crippen LogP contribution in [0.15, 0.2) is 114 Å². The Morgan fingerprint density at radius 1 is 0.343 bits per heavy atom. The lowest BCUT2D eigenvalue weighted by molar-refractivity contribution is 0.392. The summed E-state index contributed by atoms with van der Waals surface area (Å²) in [5.74, 6) is 0.919. The van der Waals surface area contributed by atoms with E-state index in [1.165, 1.54) is 55.8 Å². The fourth-order valence-corrected chi connectivity index (χ4v) is 5.20. The molecule has 11 aromatic heterocycles. The number of imidazole rings is 1. The molecule has 0 aliphatic carbocycles. The predicted octanol–water partition coefficient (Wildman–Crippen LogP) is 22.9. The van der Waals surface area contributed by atoms with Crippen molar-refractivity contribution in [2.24, 2.45) is 7.05 Å². The van der Waals surface area contributed by atoms with E-state index >= 15 is 0 Å². The molecule has 0 spiro atoms. The first-order valence-corrected chi connectivity index (χ1v) is 36.3. The quantitative estimate of drug-likeness (QED) is 0.127. The Kier molecular flexibility index (Phi) is 84.7. The molecule has 0 fully saturated rings. The van der Waals surface area contributed by atoms with Gasteiger partial charge in [0.05, 0.1) is 60.1 Å². The highest BCUT2D eigenvalue weighted by molar-refractivity contribution is 5.20. The maximum Gasteiger partial charge on any atom is 0.136 e. The number of hydrogen-bond acceptors (Lipinski definition) is 16. The minimum absolute atomic E-state index is 0.919. The second-order valence-electron chi connectivity index (χ2n) is 19.8. The number of hydrogen-bond donors (Lipinski definition) is 3. The maximum absolute atomic E-state index is 4.84. The van der Waals surface area contributed by atoms with Crippen LogP contribution < -0.4 is 0 Å². The number of rotatable bonds is 0. The summed E-state index contributed by atoms with van der Waals surface area (Å²) in [4.78, 5) is 22.7. The lowest BCUT2D eigenvalue weighted by Crippen LogP contribution is -1.91. The van der Waals surface area contributed by atoms with E-state index in [1.54, 1.807) is 37.5 Å². The summed E-state index contributed by atoms with van der Waals surface area (Å²) in [6.45, 7) is 82.1. The van der Waals surface area contributed by atoms with Gasteiger partial charge in [0.2, 0.25) is 0 Å². The third kappa shape index (κ3) is 58.6. The molecule has 0 aromatic carbocycles. The average Bonchev–Trinajstić information content (AvgIpc) is 1.75. The standard InChI is InChI=1S/2C7H9N.C6H10N2.3C6H8N2.C6H9NO.3C5H8N2.C5H7NO.9C2H6/c1-6-3-4-8-5-7(6)2;1-6-4-3-5-8-7(6)2;1-5-4-7-8(3)6(5)2;1-5-3-7-4-8-6(5)2;1-5-3-7-8-4-6(5)2;1-5-3-4-7-8-6(5)2;1-4-5(2)7-8-6(4)3;1-4-5(2)7-3-6-4;2*1-4-3-6-7-5(4)2;1-4-3-7-6-5(4)2;9*1-2/h2*3-5H,1-2H3;4H,1-3H3;3*3-4H,1-2H3;1-3H3;3*3H,1-2H3,(H,6,7);3H,1-2H3;9*1-2H3. The summed E-state index contributed by atoms with van der Waals surface area (Å²) in [6.07, 6.45) is 22.9. The molecule has 0 atom stereocenters. The Balaban J connectivity index is -0.000000130. The van der Waals surface area contributed by atoms with Crippen molar-refractivity contribution in [3.05, 3.63) is 235 Å². The molecular weight excluding hydrogens is 1270 g/mol. The second kappa shape index (κ2) is 77.5. The van der Waals surface area contributed by atoms with Gasteiger partial charge in [-0.25, -0.2) is 15.0 Å². The van der Waals surface area contributed by atoms with E-state index in [9.17, 15) is 0 Å². The zero-order valence-corrected chi connectivity index (χ0v) is 72.3. The molecule has 0 saturated carbocycles. The molecule has 11 heterocycles. The molecule has 0 unspecified atom stereocenters. The van der Waals surface area contributed by atoms with Gasteiger partial charge >= 0.3 is 0 Å². The number of aryl methyl sites for hydroxylation is 22. The van der Waals surface area contributed by atoms with E-state index in [0.717, 1.165) is 73.7 Å². The van der Waals surface area contributed by atoms with Gasteiger partial charge in [-0.3, -0.25) is 24.8 Å². The van der Waals surface area contributed by atoms with Crippen LogP contribution in [-0.4, -0.2) is 90.8 Å². The monoisotopic (exact) mass is 1420 g/mol. The molecule has 576 valence electrons. The minimum Gasteiger partial charge on any atom is -0.364 e. The first-order valence-electron chi connectivity index (χ1n) is 36.3. The van der Waals surface area contributed by atoms with Crippen molar-refractivity contribution >= 4 is 0 Å². The summed E-state index contributed by atoms with van der Waals surface area (Å²) in [6, 6.07) is 7.96. The van der Waals surface area contributed by atoms with Gasteiger partial charge in [0.1, 0.15) is 18.4 Å². The number of H-pyrrole nitrogens is 3. The van der Waals surface area contributed by atoms with Gasteiger partial charge in [0.25, 0.3) is 0 Å². The predicted molar refractivity (Wildman–Crippen MR) is 438 cm³/mol. The molecular formula is C82H146N18O2.